The van der Waals surface area contributed by atoms with Crippen molar-refractivity contribution >= 4 is 28.5 Å². The van der Waals surface area contributed by atoms with Gasteiger partial charge in [-0.1, -0.05) is 6.07 Å². The van der Waals surface area contributed by atoms with Gasteiger partial charge in [0.2, 0.25) is 0 Å². The predicted molar refractivity (Wildman–Crippen MR) is 106 cm³/mol. The van der Waals surface area contributed by atoms with Gasteiger partial charge in [-0.05, 0) is 37.3 Å². The molecular weight excluding hydrogens is 360 g/mol. The molecule has 0 bridgehead atoms. The summed E-state index contributed by atoms with van der Waals surface area (Å²) in [6.07, 6.45) is 0. The van der Waals surface area contributed by atoms with E-state index < -0.39 is 0 Å². The Morgan fingerprint density at radius 1 is 1.11 bits per heavy atom. The van der Waals surface area contributed by atoms with Gasteiger partial charge < -0.3 is 24.1 Å². The lowest BCUT2D eigenvalue weighted by atomic mass is 10.1. The molecule has 2 amide bonds. The monoisotopic (exact) mass is 382 g/mol. The Labute approximate surface area is 162 Å². The molecule has 7 heteroatoms. The van der Waals surface area contributed by atoms with Crippen molar-refractivity contribution in [3.05, 3.63) is 53.8 Å². The zero-order valence-corrected chi connectivity index (χ0v) is 16.2. The van der Waals surface area contributed by atoms with E-state index in [0.29, 0.717) is 22.8 Å². The molecule has 3 rings (SSSR count). The highest BCUT2D eigenvalue weighted by Gasteiger charge is 2.18. The van der Waals surface area contributed by atoms with Crippen LogP contribution in [-0.4, -0.2) is 44.5 Å². The van der Waals surface area contributed by atoms with Gasteiger partial charge in [0.25, 0.3) is 11.8 Å². The third-order valence-electron chi connectivity index (χ3n) is 4.30. The minimum Gasteiger partial charge on any atom is -0.497 e. The van der Waals surface area contributed by atoms with Crippen LogP contribution in [0.15, 0.2) is 46.9 Å². The highest BCUT2D eigenvalue weighted by Crippen LogP contribution is 2.29. The normalized spacial score (nSPS) is 10.6. The van der Waals surface area contributed by atoms with E-state index in [9.17, 15) is 9.59 Å². The van der Waals surface area contributed by atoms with E-state index in [2.05, 4.69) is 5.32 Å². The van der Waals surface area contributed by atoms with Crippen molar-refractivity contribution in [1.82, 2.24) is 4.90 Å². The molecule has 1 aromatic heterocycles. The first-order valence-corrected chi connectivity index (χ1v) is 8.70. The van der Waals surface area contributed by atoms with Crippen molar-refractivity contribution in [3.8, 4) is 11.5 Å². The van der Waals surface area contributed by atoms with Crippen LogP contribution in [0.3, 0.4) is 0 Å². The SMILES string of the molecule is COc1ccc2oc(C(=O)Nc3cccc(OCC(=O)N(C)C)c3)c(C)c2c1. The number of carbonyl (C=O) groups is 2. The Morgan fingerprint density at radius 2 is 1.89 bits per heavy atom. The Balaban J connectivity index is 1.76. The quantitative estimate of drug-likeness (QED) is 0.706. The van der Waals surface area contributed by atoms with E-state index in [1.807, 2.05) is 13.0 Å². The van der Waals surface area contributed by atoms with Crippen LogP contribution in [0.2, 0.25) is 0 Å². The number of nitrogens with one attached hydrogen (secondary N) is 1. The number of methoxy groups -OCH3 is 1. The number of amides is 2. The second-order valence-electron chi connectivity index (χ2n) is 6.48. The minimum atomic E-state index is -0.366. The molecule has 0 aliphatic heterocycles. The number of hydrogen-bond donors (Lipinski definition) is 1. The van der Waals surface area contributed by atoms with Gasteiger partial charge in [0.1, 0.15) is 17.1 Å². The molecule has 7 nitrogen and oxygen atoms in total. The van der Waals surface area contributed by atoms with Crippen molar-refractivity contribution in [2.24, 2.45) is 0 Å². The van der Waals surface area contributed by atoms with Crippen LogP contribution in [-0.2, 0) is 4.79 Å². The maximum atomic E-state index is 12.7. The Bertz CT molecular complexity index is 1020. The maximum Gasteiger partial charge on any atom is 0.291 e. The molecule has 3 aromatic rings. The van der Waals surface area contributed by atoms with Crippen LogP contribution >= 0.6 is 0 Å². The minimum absolute atomic E-state index is 0.0745. The fourth-order valence-electron chi connectivity index (χ4n) is 2.67. The second-order valence-corrected chi connectivity index (χ2v) is 6.48. The zero-order chi connectivity index (χ0) is 20.3. The first-order chi connectivity index (χ1) is 13.4. The number of fused-ring (bicyclic) bond motifs is 1. The molecule has 0 radical (unpaired) electrons. The van der Waals surface area contributed by atoms with Crippen LogP contribution < -0.4 is 14.8 Å². The standard InChI is InChI=1S/C21H22N2O5/c1-13-17-11-15(26-4)8-9-18(17)28-20(13)21(25)22-14-6-5-7-16(10-14)27-12-19(24)23(2)3/h5-11H,12H2,1-4H3,(H,22,25). The van der Waals surface area contributed by atoms with Crippen molar-refractivity contribution in [1.29, 1.82) is 0 Å². The number of likely N-dealkylation sites (N-methyl/N-ethyl adjacent to an activating group) is 1. The van der Waals surface area contributed by atoms with Crippen LogP contribution in [0.1, 0.15) is 16.1 Å². The molecule has 0 spiro atoms. The molecule has 0 saturated carbocycles. The van der Waals surface area contributed by atoms with Crippen molar-refractivity contribution < 1.29 is 23.5 Å². The fraction of sp³-hybridized carbons (Fsp3) is 0.238. The number of carbonyl (C=O) groups excluding carboxylic acids is 2. The average molecular weight is 382 g/mol. The largest absolute Gasteiger partial charge is 0.497 e. The third-order valence-corrected chi connectivity index (χ3v) is 4.30. The molecule has 0 unspecified atom stereocenters. The van der Waals surface area contributed by atoms with E-state index >= 15 is 0 Å². The maximum absolute atomic E-state index is 12.7. The zero-order valence-electron chi connectivity index (χ0n) is 16.2. The highest BCUT2D eigenvalue weighted by atomic mass is 16.5. The van der Waals surface area contributed by atoms with Gasteiger partial charge in [-0.15, -0.1) is 0 Å². The lowest BCUT2D eigenvalue weighted by Gasteiger charge is -2.12. The summed E-state index contributed by atoms with van der Waals surface area (Å²) < 4.78 is 16.4. The molecule has 2 aromatic carbocycles. The number of aryl methyl sites for hydroxylation is 1. The van der Waals surface area contributed by atoms with Crippen LogP contribution in [0, 0.1) is 6.92 Å². The third kappa shape index (κ3) is 4.09. The van der Waals surface area contributed by atoms with E-state index in [0.717, 1.165) is 10.9 Å². The van der Waals surface area contributed by atoms with E-state index in [-0.39, 0.29) is 24.2 Å². The molecule has 146 valence electrons. The number of nitrogens with zero attached hydrogens (tertiary/aromatic N) is 1. The van der Waals surface area contributed by atoms with Gasteiger partial charge in [-0.3, -0.25) is 9.59 Å². The number of benzene rings is 2. The number of rotatable bonds is 6. The van der Waals surface area contributed by atoms with Crippen LogP contribution in [0.5, 0.6) is 11.5 Å². The van der Waals surface area contributed by atoms with Crippen LogP contribution in [0.4, 0.5) is 5.69 Å². The van der Waals surface area contributed by atoms with Gasteiger partial charge in [-0.2, -0.15) is 0 Å². The summed E-state index contributed by atoms with van der Waals surface area (Å²) in [5.74, 6) is 0.897. The molecule has 0 aliphatic rings. The average Bonchev–Trinajstić information content (AvgIpc) is 3.02. The Kier molecular flexibility index (Phi) is 5.54. The lowest BCUT2D eigenvalue weighted by molar-refractivity contribution is -0.130. The number of anilines is 1. The number of ether oxygens (including phenoxy) is 2. The fourth-order valence-corrected chi connectivity index (χ4v) is 2.67. The molecule has 0 saturated heterocycles. The second kappa shape index (κ2) is 8.04. The lowest BCUT2D eigenvalue weighted by Crippen LogP contribution is -2.27. The number of furan rings is 1. The topological polar surface area (TPSA) is 81.0 Å². The Morgan fingerprint density at radius 3 is 2.61 bits per heavy atom. The summed E-state index contributed by atoms with van der Waals surface area (Å²) in [7, 11) is 4.91. The summed E-state index contributed by atoms with van der Waals surface area (Å²) in [6.45, 7) is 1.75. The van der Waals surface area contributed by atoms with Gasteiger partial charge in [0, 0.05) is 36.8 Å². The summed E-state index contributed by atoms with van der Waals surface area (Å²) in [5, 5.41) is 3.62. The predicted octanol–water partition coefficient (Wildman–Crippen LogP) is 3.47. The van der Waals surface area contributed by atoms with Gasteiger partial charge in [-0.25, -0.2) is 0 Å². The van der Waals surface area contributed by atoms with Gasteiger partial charge in [0.05, 0.1) is 7.11 Å². The molecular formula is C21H22N2O5. The molecule has 28 heavy (non-hydrogen) atoms. The molecule has 0 atom stereocenters. The summed E-state index contributed by atoms with van der Waals surface area (Å²) >= 11 is 0. The van der Waals surface area contributed by atoms with E-state index in [4.69, 9.17) is 13.9 Å². The molecule has 0 aliphatic carbocycles. The summed E-state index contributed by atoms with van der Waals surface area (Å²) in [5.41, 5.74) is 1.88. The highest BCUT2D eigenvalue weighted by molar-refractivity contribution is 6.06. The Hall–Kier alpha value is -3.48. The summed E-state index contributed by atoms with van der Waals surface area (Å²) in [6, 6.07) is 12.2. The van der Waals surface area contributed by atoms with Crippen molar-refractivity contribution in [3.63, 3.8) is 0 Å². The van der Waals surface area contributed by atoms with Crippen LogP contribution in [0.25, 0.3) is 11.0 Å². The smallest absolute Gasteiger partial charge is 0.291 e. The molecule has 1 N–H and O–H groups in total. The van der Waals surface area contributed by atoms with E-state index in [1.54, 1.807) is 57.6 Å². The number of hydrogen-bond acceptors (Lipinski definition) is 5. The van der Waals surface area contributed by atoms with Gasteiger partial charge in [0.15, 0.2) is 12.4 Å². The first kappa shape index (κ1) is 19.3. The molecule has 0 fully saturated rings. The first-order valence-electron chi connectivity index (χ1n) is 8.70. The van der Waals surface area contributed by atoms with E-state index in [1.165, 1.54) is 4.90 Å². The van der Waals surface area contributed by atoms with Gasteiger partial charge >= 0.3 is 0 Å². The summed E-state index contributed by atoms with van der Waals surface area (Å²) in [4.78, 5) is 25.8. The van der Waals surface area contributed by atoms with Crippen molar-refractivity contribution in [2.75, 3.05) is 33.1 Å². The molecule has 1 heterocycles. The van der Waals surface area contributed by atoms with Crippen molar-refractivity contribution in [2.45, 2.75) is 6.92 Å².